The number of hydrogen-bond acceptors (Lipinski definition) is 8. The Hall–Kier alpha value is -3.55. The first kappa shape index (κ1) is 19.2. The van der Waals surface area contributed by atoms with Gasteiger partial charge in [0.15, 0.2) is 5.71 Å². The van der Waals surface area contributed by atoms with E-state index < -0.39 is 5.97 Å². The quantitative estimate of drug-likeness (QED) is 0.414. The number of methoxy groups -OCH3 is 1. The van der Waals surface area contributed by atoms with Gasteiger partial charge in [-0.25, -0.2) is 4.79 Å². The average Bonchev–Trinajstić information content (AvgIpc) is 3.12. The molecule has 8 heteroatoms. The maximum atomic E-state index is 12.0. The van der Waals surface area contributed by atoms with Gasteiger partial charge in [-0.15, -0.1) is 0 Å². The second-order valence-corrected chi connectivity index (χ2v) is 5.73. The molecule has 1 heterocycles. The van der Waals surface area contributed by atoms with Gasteiger partial charge in [-0.3, -0.25) is 0 Å². The van der Waals surface area contributed by atoms with Crippen LogP contribution in [0.15, 0.2) is 52.8 Å². The number of carbonyl (C=O) groups excluding carboxylic acids is 1. The number of ether oxygens (including phenoxy) is 3. The number of nitrogens with zero attached hydrogens (tertiary/aromatic N) is 2. The zero-order chi connectivity index (χ0) is 19.9. The summed E-state index contributed by atoms with van der Waals surface area (Å²) in [5.41, 5.74) is 3.00. The van der Waals surface area contributed by atoms with Crippen molar-refractivity contribution in [3.8, 4) is 11.5 Å². The number of benzene rings is 2. The molecule has 8 nitrogen and oxygen atoms in total. The van der Waals surface area contributed by atoms with E-state index in [1.807, 2.05) is 24.3 Å². The normalized spacial score (nSPS) is 14.2. The molecule has 146 valence electrons. The topological polar surface area (TPSA) is 87.9 Å². The van der Waals surface area contributed by atoms with Crippen LogP contribution in [0.5, 0.6) is 11.5 Å². The van der Waals surface area contributed by atoms with Crippen molar-refractivity contribution >= 4 is 17.4 Å². The molecule has 0 N–H and O–H groups in total. The van der Waals surface area contributed by atoms with Gasteiger partial charge in [0.25, 0.3) is 0 Å². The standard InChI is InChI=1S/C20H20N2O6/c1-24-20(23)19(22-26-3)15-7-5-4-6-13(15)11-27-14-8-9-16-17(21-25-2)12-28-18(16)10-14/h4-10H,11-12H2,1-3H3/b21-17+,22-19+. The van der Waals surface area contributed by atoms with Crippen LogP contribution < -0.4 is 9.47 Å². The van der Waals surface area contributed by atoms with Gasteiger partial charge in [0, 0.05) is 17.2 Å². The lowest BCUT2D eigenvalue weighted by Gasteiger charge is -2.12. The predicted molar refractivity (Wildman–Crippen MR) is 102 cm³/mol. The smallest absolute Gasteiger partial charge is 0.360 e. The van der Waals surface area contributed by atoms with Crippen LogP contribution in [0.2, 0.25) is 0 Å². The zero-order valence-corrected chi connectivity index (χ0v) is 15.8. The van der Waals surface area contributed by atoms with Crippen LogP contribution in [0.4, 0.5) is 0 Å². The van der Waals surface area contributed by atoms with Crippen molar-refractivity contribution in [2.45, 2.75) is 6.61 Å². The van der Waals surface area contributed by atoms with Crippen molar-refractivity contribution in [1.29, 1.82) is 0 Å². The Bertz CT molecular complexity index is 923. The van der Waals surface area contributed by atoms with Crippen LogP contribution in [0.1, 0.15) is 16.7 Å². The van der Waals surface area contributed by atoms with Crippen LogP contribution in [0, 0.1) is 0 Å². The molecule has 0 atom stereocenters. The molecule has 28 heavy (non-hydrogen) atoms. The minimum atomic E-state index is -0.592. The fraction of sp³-hybridized carbons (Fsp3) is 0.250. The van der Waals surface area contributed by atoms with E-state index >= 15 is 0 Å². The molecule has 3 rings (SSSR count). The Labute approximate surface area is 162 Å². The van der Waals surface area contributed by atoms with Crippen molar-refractivity contribution < 1.29 is 28.7 Å². The first-order valence-corrected chi connectivity index (χ1v) is 8.45. The molecule has 0 spiro atoms. The second kappa shape index (κ2) is 8.90. The Kier molecular flexibility index (Phi) is 6.11. The molecule has 0 aromatic heterocycles. The number of hydrogen-bond donors (Lipinski definition) is 0. The number of rotatable bonds is 7. The third-order valence-electron chi connectivity index (χ3n) is 4.06. The molecule has 0 amide bonds. The summed E-state index contributed by atoms with van der Waals surface area (Å²) in [5.74, 6) is 0.707. The molecule has 0 fully saturated rings. The first-order chi connectivity index (χ1) is 13.7. The second-order valence-electron chi connectivity index (χ2n) is 5.73. The fourth-order valence-electron chi connectivity index (χ4n) is 2.78. The molecule has 2 aromatic carbocycles. The van der Waals surface area contributed by atoms with E-state index in [0.717, 1.165) is 16.8 Å². The zero-order valence-electron chi connectivity index (χ0n) is 15.8. The van der Waals surface area contributed by atoms with Crippen LogP contribution >= 0.6 is 0 Å². The Balaban J connectivity index is 1.80. The van der Waals surface area contributed by atoms with Gasteiger partial charge in [0.05, 0.1) is 7.11 Å². The van der Waals surface area contributed by atoms with Gasteiger partial charge in [-0.05, 0) is 17.7 Å². The summed E-state index contributed by atoms with van der Waals surface area (Å²) in [6, 6.07) is 12.7. The molecule has 0 unspecified atom stereocenters. The maximum Gasteiger partial charge on any atom is 0.360 e. The lowest BCUT2D eigenvalue weighted by atomic mass is 10.0. The van der Waals surface area contributed by atoms with E-state index in [2.05, 4.69) is 10.3 Å². The summed E-state index contributed by atoms with van der Waals surface area (Å²) in [7, 11) is 4.15. The number of esters is 1. The number of carbonyl (C=O) groups is 1. The average molecular weight is 384 g/mol. The lowest BCUT2D eigenvalue weighted by molar-refractivity contribution is -0.132. The van der Waals surface area contributed by atoms with Crippen molar-refractivity contribution in [2.24, 2.45) is 10.3 Å². The predicted octanol–water partition coefficient (Wildman–Crippen LogP) is 2.53. The van der Waals surface area contributed by atoms with Crippen LogP contribution in [0.25, 0.3) is 0 Å². The van der Waals surface area contributed by atoms with Gasteiger partial charge in [0.1, 0.15) is 44.6 Å². The van der Waals surface area contributed by atoms with Crippen molar-refractivity contribution in [3.05, 3.63) is 59.2 Å². The van der Waals surface area contributed by atoms with E-state index in [-0.39, 0.29) is 12.3 Å². The molecule has 1 aliphatic rings. The van der Waals surface area contributed by atoms with Crippen molar-refractivity contribution in [3.63, 3.8) is 0 Å². The molecule has 0 saturated carbocycles. The van der Waals surface area contributed by atoms with Gasteiger partial charge in [0.2, 0.25) is 0 Å². The maximum absolute atomic E-state index is 12.0. The summed E-state index contributed by atoms with van der Waals surface area (Å²) in [5, 5.41) is 7.74. The highest BCUT2D eigenvalue weighted by molar-refractivity contribution is 6.43. The van der Waals surface area contributed by atoms with Gasteiger partial charge < -0.3 is 23.9 Å². The molecule has 1 aliphatic heterocycles. The van der Waals surface area contributed by atoms with Crippen LogP contribution in [-0.2, 0) is 25.8 Å². The highest BCUT2D eigenvalue weighted by atomic mass is 16.6. The molecule has 0 radical (unpaired) electrons. The SMILES string of the molecule is CO/N=C1\COc2cc(OCc3ccccc3/C(=N\OC)C(=O)OC)ccc21. The molecule has 0 saturated heterocycles. The van der Waals surface area contributed by atoms with Crippen LogP contribution in [-0.4, -0.2) is 45.3 Å². The van der Waals surface area contributed by atoms with E-state index in [1.165, 1.54) is 21.3 Å². The van der Waals surface area contributed by atoms with Crippen molar-refractivity contribution in [2.75, 3.05) is 27.9 Å². The summed E-state index contributed by atoms with van der Waals surface area (Å²) in [6.45, 7) is 0.569. The Morgan fingerprint density at radius 2 is 1.93 bits per heavy atom. The first-order valence-electron chi connectivity index (χ1n) is 8.45. The minimum Gasteiger partial charge on any atom is -0.489 e. The highest BCUT2D eigenvalue weighted by Crippen LogP contribution is 2.30. The van der Waals surface area contributed by atoms with Crippen molar-refractivity contribution in [1.82, 2.24) is 0 Å². The van der Waals surface area contributed by atoms with E-state index in [1.54, 1.807) is 18.2 Å². The summed E-state index contributed by atoms with van der Waals surface area (Å²) in [4.78, 5) is 21.6. The molecule has 0 bridgehead atoms. The summed E-state index contributed by atoms with van der Waals surface area (Å²) < 4.78 is 16.3. The monoisotopic (exact) mass is 384 g/mol. The molecule has 2 aromatic rings. The Morgan fingerprint density at radius 1 is 1.11 bits per heavy atom. The Morgan fingerprint density at radius 3 is 2.68 bits per heavy atom. The lowest BCUT2D eigenvalue weighted by Crippen LogP contribution is -2.19. The van der Waals surface area contributed by atoms with Crippen LogP contribution in [0.3, 0.4) is 0 Å². The van der Waals surface area contributed by atoms with Gasteiger partial charge in [-0.2, -0.15) is 0 Å². The summed E-state index contributed by atoms with van der Waals surface area (Å²) in [6.07, 6.45) is 0. The van der Waals surface area contributed by atoms with E-state index in [0.29, 0.717) is 23.7 Å². The van der Waals surface area contributed by atoms with E-state index in [4.69, 9.17) is 23.9 Å². The third kappa shape index (κ3) is 4.06. The molecular weight excluding hydrogens is 364 g/mol. The number of fused-ring (bicyclic) bond motifs is 1. The summed E-state index contributed by atoms with van der Waals surface area (Å²) >= 11 is 0. The molecule has 0 aliphatic carbocycles. The minimum absolute atomic E-state index is 0.0712. The highest BCUT2D eigenvalue weighted by Gasteiger charge is 2.22. The number of oxime groups is 2. The molecular formula is C20H20N2O6. The van der Waals surface area contributed by atoms with E-state index in [9.17, 15) is 4.79 Å². The van der Waals surface area contributed by atoms with Gasteiger partial charge in [-0.1, -0.05) is 34.6 Å². The third-order valence-corrected chi connectivity index (χ3v) is 4.06. The fourth-order valence-corrected chi connectivity index (χ4v) is 2.78. The van der Waals surface area contributed by atoms with Gasteiger partial charge >= 0.3 is 5.97 Å². The largest absolute Gasteiger partial charge is 0.489 e.